The Balaban J connectivity index is 1.39. The molecule has 128 valence electrons. The molecule has 7 heteroatoms. The van der Waals surface area contributed by atoms with E-state index in [0.29, 0.717) is 24.5 Å². The summed E-state index contributed by atoms with van der Waals surface area (Å²) >= 11 is 6.15. The molecule has 2 aromatic heterocycles. The van der Waals surface area contributed by atoms with Crippen molar-refractivity contribution in [2.45, 2.75) is 6.42 Å². The lowest BCUT2D eigenvalue weighted by Gasteiger charge is -2.35. The van der Waals surface area contributed by atoms with Gasteiger partial charge in [-0.25, -0.2) is 9.50 Å². The van der Waals surface area contributed by atoms with E-state index in [1.54, 1.807) is 10.7 Å². The first-order valence-corrected chi connectivity index (χ1v) is 8.65. The van der Waals surface area contributed by atoms with Gasteiger partial charge in [0.25, 0.3) is 0 Å². The van der Waals surface area contributed by atoms with Crippen LogP contribution in [0.2, 0.25) is 5.02 Å². The highest BCUT2D eigenvalue weighted by Crippen LogP contribution is 2.18. The maximum absolute atomic E-state index is 12.5. The molecule has 0 bridgehead atoms. The Morgan fingerprint density at radius 3 is 2.68 bits per heavy atom. The minimum atomic E-state index is 0.116. The molecule has 0 saturated carbocycles. The number of benzene rings is 1. The van der Waals surface area contributed by atoms with Crippen LogP contribution >= 0.6 is 11.6 Å². The molecule has 3 aromatic rings. The molecule has 1 aliphatic heterocycles. The van der Waals surface area contributed by atoms with Crippen LogP contribution in [0.1, 0.15) is 5.56 Å². The topological polar surface area (TPSA) is 53.7 Å². The summed E-state index contributed by atoms with van der Waals surface area (Å²) in [6.45, 7) is 2.91. The molecule has 0 atom stereocenters. The molecule has 1 amide bonds. The summed E-state index contributed by atoms with van der Waals surface area (Å²) in [5.41, 5.74) is 1.71. The van der Waals surface area contributed by atoms with Crippen LogP contribution in [0.4, 0.5) is 5.82 Å². The second kappa shape index (κ2) is 6.72. The van der Waals surface area contributed by atoms with Gasteiger partial charge in [-0.05, 0) is 23.8 Å². The minimum absolute atomic E-state index is 0.116. The molecule has 3 heterocycles. The summed E-state index contributed by atoms with van der Waals surface area (Å²) in [5, 5.41) is 5.21. The maximum Gasteiger partial charge on any atom is 0.227 e. The molecule has 0 aliphatic carbocycles. The van der Waals surface area contributed by atoms with Crippen molar-refractivity contribution in [1.29, 1.82) is 0 Å². The van der Waals surface area contributed by atoms with E-state index >= 15 is 0 Å². The lowest BCUT2D eigenvalue weighted by atomic mass is 10.1. The third-order valence-electron chi connectivity index (χ3n) is 4.50. The van der Waals surface area contributed by atoms with Gasteiger partial charge >= 0.3 is 0 Å². The highest BCUT2D eigenvalue weighted by molar-refractivity contribution is 6.31. The standard InChI is InChI=1S/C18H18ClN5O/c19-15-4-2-1-3-14(15)13-18(25)23-11-9-22(10-12-23)17-6-5-16-20-7-8-24(16)21-17/h1-8H,9-13H2. The second-order valence-corrected chi connectivity index (χ2v) is 6.46. The zero-order chi connectivity index (χ0) is 17.2. The largest absolute Gasteiger partial charge is 0.352 e. The van der Waals surface area contributed by atoms with E-state index < -0.39 is 0 Å². The molecular weight excluding hydrogens is 338 g/mol. The fraction of sp³-hybridized carbons (Fsp3) is 0.278. The summed E-state index contributed by atoms with van der Waals surface area (Å²) in [7, 11) is 0. The van der Waals surface area contributed by atoms with Crippen molar-refractivity contribution in [1.82, 2.24) is 19.5 Å². The van der Waals surface area contributed by atoms with Crippen LogP contribution in [0.5, 0.6) is 0 Å². The van der Waals surface area contributed by atoms with E-state index in [1.165, 1.54) is 0 Å². The lowest BCUT2D eigenvalue weighted by molar-refractivity contribution is -0.130. The molecule has 6 nitrogen and oxygen atoms in total. The molecule has 4 rings (SSSR count). The van der Waals surface area contributed by atoms with Crippen molar-refractivity contribution in [3.8, 4) is 0 Å². The molecule has 1 aromatic carbocycles. The van der Waals surface area contributed by atoms with Gasteiger partial charge in [-0.2, -0.15) is 0 Å². The van der Waals surface area contributed by atoms with E-state index in [2.05, 4.69) is 15.0 Å². The zero-order valence-electron chi connectivity index (χ0n) is 13.7. The van der Waals surface area contributed by atoms with Crippen LogP contribution in [0.15, 0.2) is 48.8 Å². The van der Waals surface area contributed by atoms with E-state index in [9.17, 15) is 4.79 Å². The number of amides is 1. The molecule has 25 heavy (non-hydrogen) atoms. The molecule has 1 saturated heterocycles. The van der Waals surface area contributed by atoms with Gasteiger partial charge in [0, 0.05) is 43.6 Å². The van der Waals surface area contributed by atoms with E-state index in [-0.39, 0.29) is 5.91 Å². The van der Waals surface area contributed by atoms with Gasteiger partial charge in [0.15, 0.2) is 5.65 Å². The van der Waals surface area contributed by atoms with Crippen molar-refractivity contribution in [2.24, 2.45) is 0 Å². The number of aromatic nitrogens is 3. The number of imidazole rings is 1. The van der Waals surface area contributed by atoms with E-state index in [0.717, 1.165) is 30.1 Å². The van der Waals surface area contributed by atoms with Crippen LogP contribution in [0.3, 0.4) is 0 Å². The van der Waals surface area contributed by atoms with Gasteiger partial charge in [-0.15, -0.1) is 5.10 Å². The first-order valence-electron chi connectivity index (χ1n) is 8.27. The van der Waals surface area contributed by atoms with Gasteiger partial charge in [0.05, 0.1) is 6.42 Å². The predicted molar refractivity (Wildman–Crippen MR) is 96.9 cm³/mol. The van der Waals surface area contributed by atoms with Gasteiger partial charge in [-0.1, -0.05) is 29.8 Å². The van der Waals surface area contributed by atoms with Crippen LogP contribution in [0.25, 0.3) is 5.65 Å². The Hall–Kier alpha value is -2.60. The Morgan fingerprint density at radius 2 is 1.88 bits per heavy atom. The Morgan fingerprint density at radius 1 is 1.08 bits per heavy atom. The molecule has 0 radical (unpaired) electrons. The molecule has 0 N–H and O–H groups in total. The summed E-state index contributed by atoms with van der Waals surface area (Å²) in [5.74, 6) is 1.02. The monoisotopic (exact) mass is 355 g/mol. The van der Waals surface area contributed by atoms with Crippen molar-refractivity contribution in [3.63, 3.8) is 0 Å². The van der Waals surface area contributed by atoms with Crippen LogP contribution in [0, 0.1) is 0 Å². The number of carbonyl (C=O) groups is 1. The third-order valence-corrected chi connectivity index (χ3v) is 4.87. The number of anilines is 1. The average molecular weight is 356 g/mol. The van der Waals surface area contributed by atoms with Gasteiger partial charge < -0.3 is 9.80 Å². The lowest BCUT2D eigenvalue weighted by Crippen LogP contribution is -2.49. The SMILES string of the molecule is O=C(Cc1ccccc1Cl)N1CCN(c2ccc3nccn3n2)CC1. The predicted octanol–water partition coefficient (Wildman–Crippen LogP) is 2.27. The Bertz CT molecular complexity index is 901. The highest BCUT2D eigenvalue weighted by atomic mass is 35.5. The van der Waals surface area contributed by atoms with Crippen LogP contribution < -0.4 is 4.90 Å². The number of hydrogen-bond acceptors (Lipinski definition) is 4. The summed E-state index contributed by atoms with van der Waals surface area (Å²) in [4.78, 5) is 20.8. The van der Waals surface area contributed by atoms with Gasteiger partial charge in [-0.3, -0.25) is 4.79 Å². The Labute approximate surface area is 150 Å². The Kier molecular flexibility index (Phi) is 4.28. The number of hydrogen-bond donors (Lipinski definition) is 0. The van der Waals surface area contributed by atoms with Gasteiger partial charge in [0.2, 0.25) is 5.91 Å². The van der Waals surface area contributed by atoms with Crippen molar-refractivity contribution in [3.05, 3.63) is 59.4 Å². The fourth-order valence-electron chi connectivity index (χ4n) is 3.08. The number of piperazine rings is 1. The third kappa shape index (κ3) is 3.30. The normalized spacial score (nSPS) is 14.9. The average Bonchev–Trinajstić information content (AvgIpc) is 3.11. The van der Waals surface area contributed by atoms with Crippen LogP contribution in [-0.4, -0.2) is 51.6 Å². The molecular formula is C18H18ClN5O. The van der Waals surface area contributed by atoms with E-state index in [1.807, 2.05) is 47.5 Å². The molecule has 0 unspecified atom stereocenters. The second-order valence-electron chi connectivity index (χ2n) is 6.06. The molecule has 1 aliphatic rings. The van der Waals surface area contributed by atoms with Crippen LogP contribution in [-0.2, 0) is 11.2 Å². The zero-order valence-corrected chi connectivity index (χ0v) is 14.4. The smallest absolute Gasteiger partial charge is 0.227 e. The van der Waals surface area contributed by atoms with E-state index in [4.69, 9.17) is 11.6 Å². The van der Waals surface area contributed by atoms with Crippen molar-refractivity contribution < 1.29 is 4.79 Å². The minimum Gasteiger partial charge on any atom is -0.352 e. The number of halogens is 1. The van der Waals surface area contributed by atoms with Gasteiger partial charge in [0.1, 0.15) is 5.82 Å². The number of carbonyl (C=O) groups excluding carboxylic acids is 1. The molecule has 0 spiro atoms. The quantitative estimate of drug-likeness (QED) is 0.723. The first kappa shape index (κ1) is 15.9. The summed E-state index contributed by atoms with van der Waals surface area (Å²) in [6.07, 6.45) is 3.92. The maximum atomic E-state index is 12.5. The molecule has 1 fully saturated rings. The number of rotatable bonds is 3. The highest BCUT2D eigenvalue weighted by Gasteiger charge is 2.22. The summed E-state index contributed by atoms with van der Waals surface area (Å²) in [6, 6.07) is 11.4. The van der Waals surface area contributed by atoms with Crippen molar-refractivity contribution in [2.75, 3.05) is 31.1 Å². The number of nitrogens with zero attached hydrogens (tertiary/aromatic N) is 5. The fourth-order valence-corrected chi connectivity index (χ4v) is 3.28. The number of fused-ring (bicyclic) bond motifs is 1. The first-order chi connectivity index (χ1) is 12.2. The van der Waals surface area contributed by atoms with Crippen molar-refractivity contribution >= 4 is 29.0 Å². The summed E-state index contributed by atoms with van der Waals surface area (Å²) < 4.78 is 1.77.